The Bertz CT molecular complexity index is 580. The van der Waals surface area contributed by atoms with Crippen molar-refractivity contribution in [1.29, 1.82) is 0 Å². The van der Waals surface area contributed by atoms with Gasteiger partial charge in [0, 0.05) is 55.5 Å². The number of hydrogen-bond donors (Lipinski definition) is 3. The first kappa shape index (κ1) is 14.4. The normalized spacial score (nSPS) is 12.4. The van der Waals surface area contributed by atoms with Crippen LogP contribution in [0.2, 0.25) is 0 Å². The number of nitrogens with two attached hydrogens (primary N) is 1. The van der Waals surface area contributed by atoms with Gasteiger partial charge in [0.15, 0.2) is 0 Å². The van der Waals surface area contributed by atoms with Crippen LogP contribution in [0.4, 0.5) is 11.4 Å². The van der Waals surface area contributed by atoms with E-state index in [1.54, 1.807) is 0 Å². The van der Waals surface area contributed by atoms with Gasteiger partial charge in [-0.25, -0.2) is 0 Å². The van der Waals surface area contributed by atoms with Crippen molar-refractivity contribution in [1.82, 2.24) is 4.57 Å². The van der Waals surface area contributed by atoms with Crippen LogP contribution in [0.15, 0.2) is 36.7 Å². The summed E-state index contributed by atoms with van der Waals surface area (Å²) in [5.74, 6) is 0. The zero-order valence-corrected chi connectivity index (χ0v) is 11.8. The molecule has 2 aromatic rings. The molecule has 1 aromatic heterocycles. The van der Waals surface area contributed by atoms with E-state index in [-0.39, 0.29) is 6.61 Å². The van der Waals surface area contributed by atoms with Crippen molar-refractivity contribution in [3.8, 4) is 11.1 Å². The van der Waals surface area contributed by atoms with E-state index in [2.05, 4.69) is 0 Å². The van der Waals surface area contributed by atoms with Crippen molar-refractivity contribution in [2.45, 2.75) is 6.10 Å². The molecule has 0 amide bonds. The van der Waals surface area contributed by atoms with Crippen molar-refractivity contribution in [3.63, 3.8) is 0 Å². The van der Waals surface area contributed by atoms with Crippen LogP contribution < -0.4 is 10.6 Å². The molecular formula is C15H21N3O2. The Hall–Kier alpha value is -1.98. The fraction of sp³-hybridized carbons (Fsp3) is 0.333. The lowest BCUT2D eigenvalue weighted by Crippen LogP contribution is -2.31. The highest BCUT2D eigenvalue weighted by Crippen LogP contribution is 2.30. The minimum Gasteiger partial charge on any atom is -0.398 e. The Morgan fingerprint density at radius 2 is 2.10 bits per heavy atom. The number of nitrogen functional groups attached to an aromatic ring is 1. The molecule has 0 radical (unpaired) electrons. The lowest BCUT2D eigenvalue weighted by atomic mass is 10.1. The van der Waals surface area contributed by atoms with Gasteiger partial charge >= 0.3 is 0 Å². The fourth-order valence-electron chi connectivity index (χ4n) is 2.17. The monoisotopic (exact) mass is 275 g/mol. The van der Waals surface area contributed by atoms with Gasteiger partial charge in [0.2, 0.25) is 0 Å². The average Bonchev–Trinajstić information content (AvgIpc) is 2.85. The van der Waals surface area contributed by atoms with Crippen LogP contribution in [0, 0.1) is 0 Å². The lowest BCUT2D eigenvalue weighted by Gasteiger charge is -2.22. The van der Waals surface area contributed by atoms with Crippen molar-refractivity contribution in [2.24, 2.45) is 7.05 Å². The zero-order valence-electron chi connectivity index (χ0n) is 11.8. The summed E-state index contributed by atoms with van der Waals surface area (Å²) < 4.78 is 1.97. The maximum Gasteiger partial charge on any atom is 0.0945 e. The summed E-state index contributed by atoms with van der Waals surface area (Å²) in [6.07, 6.45) is 3.23. The van der Waals surface area contributed by atoms with Gasteiger partial charge < -0.3 is 25.4 Å². The van der Waals surface area contributed by atoms with E-state index in [0.29, 0.717) is 6.54 Å². The van der Waals surface area contributed by atoms with Crippen LogP contribution in [0.25, 0.3) is 11.1 Å². The second-order valence-electron chi connectivity index (χ2n) is 5.05. The predicted molar refractivity (Wildman–Crippen MR) is 81.6 cm³/mol. The van der Waals surface area contributed by atoms with Crippen LogP contribution in [-0.4, -0.2) is 41.1 Å². The summed E-state index contributed by atoms with van der Waals surface area (Å²) in [5, 5.41) is 18.4. The molecular weight excluding hydrogens is 254 g/mol. The molecule has 5 heteroatoms. The summed E-state index contributed by atoms with van der Waals surface area (Å²) in [7, 11) is 3.84. The second kappa shape index (κ2) is 5.98. The van der Waals surface area contributed by atoms with Crippen molar-refractivity contribution >= 4 is 11.4 Å². The Morgan fingerprint density at radius 3 is 2.70 bits per heavy atom. The summed E-state index contributed by atoms with van der Waals surface area (Å²) >= 11 is 0. The summed E-state index contributed by atoms with van der Waals surface area (Å²) in [4.78, 5) is 1.90. The van der Waals surface area contributed by atoms with E-state index >= 15 is 0 Å². The number of likely N-dealkylation sites (N-methyl/N-ethyl adjacent to an activating group) is 1. The van der Waals surface area contributed by atoms with Crippen molar-refractivity contribution in [2.75, 3.05) is 30.8 Å². The topological polar surface area (TPSA) is 74.7 Å². The minimum atomic E-state index is -0.752. The molecule has 20 heavy (non-hydrogen) atoms. The van der Waals surface area contributed by atoms with E-state index in [4.69, 9.17) is 10.8 Å². The highest BCUT2D eigenvalue weighted by Gasteiger charge is 2.11. The number of aryl methyl sites for hydroxylation is 1. The van der Waals surface area contributed by atoms with Crippen LogP contribution in [0.3, 0.4) is 0 Å². The maximum absolute atomic E-state index is 9.51. The fourth-order valence-corrected chi connectivity index (χ4v) is 2.17. The smallest absolute Gasteiger partial charge is 0.0945 e. The first-order chi connectivity index (χ1) is 9.51. The summed E-state index contributed by atoms with van der Waals surface area (Å²) in [6.45, 7) is 0.125. The van der Waals surface area contributed by atoms with Gasteiger partial charge in [-0.1, -0.05) is 0 Å². The third-order valence-electron chi connectivity index (χ3n) is 3.32. The van der Waals surface area contributed by atoms with Gasteiger partial charge in [0.1, 0.15) is 0 Å². The Labute approximate surface area is 118 Å². The SMILES string of the molecule is CN(CC(O)CO)c1ccc(N)c(-c2ccn(C)c2)c1. The van der Waals surface area contributed by atoms with Gasteiger partial charge in [-0.3, -0.25) is 0 Å². The minimum absolute atomic E-state index is 0.245. The van der Waals surface area contributed by atoms with Crippen molar-refractivity contribution < 1.29 is 10.2 Å². The quantitative estimate of drug-likeness (QED) is 0.713. The Balaban J connectivity index is 2.29. The van der Waals surface area contributed by atoms with Crippen LogP contribution in [0.5, 0.6) is 0 Å². The van der Waals surface area contributed by atoms with E-state index in [0.717, 1.165) is 22.5 Å². The number of benzene rings is 1. The number of anilines is 2. The predicted octanol–water partition coefficient (Wildman–Crippen LogP) is 1.06. The molecule has 0 aliphatic heterocycles. The van der Waals surface area contributed by atoms with Crippen LogP contribution in [-0.2, 0) is 7.05 Å². The van der Waals surface area contributed by atoms with Gasteiger partial charge in [-0.05, 0) is 24.3 Å². The molecule has 0 saturated heterocycles. The van der Waals surface area contributed by atoms with Gasteiger partial charge in [0.25, 0.3) is 0 Å². The molecule has 108 valence electrons. The average molecular weight is 275 g/mol. The van der Waals surface area contributed by atoms with E-state index in [9.17, 15) is 5.11 Å². The number of rotatable bonds is 5. The molecule has 1 heterocycles. The first-order valence-corrected chi connectivity index (χ1v) is 6.53. The molecule has 4 N–H and O–H groups in total. The summed E-state index contributed by atoms with van der Waals surface area (Å²) in [5.41, 5.74) is 9.73. The molecule has 1 atom stereocenters. The molecule has 0 aliphatic rings. The Morgan fingerprint density at radius 1 is 1.35 bits per heavy atom. The molecule has 0 aliphatic carbocycles. The van der Waals surface area contributed by atoms with E-state index in [1.165, 1.54) is 0 Å². The van der Waals surface area contributed by atoms with Gasteiger partial charge in [0.05, 0.1) is 12.7 Å². The number of aliphatic hydroxyl groups is 2. The number of aromatic nitrogens is 1. The molecule has 0 bridgehead atoms. The highest BCUT2D eigenvalue weighted by molar-refractivity contribution is 5.79. The van der Waals surface area contributed by atoms with Crippen molar-refractivity contribution in [3.05, 3.63) is 36.7 Å². The lowest BCUT2D eigenvalue weighted by molar-refractivity contribution is 0.101. The third-order valence-corrected chi connectivity index (χ3v) is 3.32. The van der Waals surface area contributed by atoms with Gasteiger partial charge in [-0.15, -0.1) is 0 Å². The maximum atomic E-state index is 9.51. The van der Waals surface area contributed by atoms with Gasteiger partial charge in [-0.2, -0.15) is 0 Å². The van der Waals surface area contributed by atoms with Crippen LogP contribution in [0.1, 0.15) is 0 Å². The molecule has 2 rings (SSSR count). The third kappa shape index (κ3) is 3.12. The number of aliphatic hydroxyl groups excluding tert-OH is 2. The zero-order chi connectivity index (χ0) is 14.7. The van der Waals surface area contributed by atoms with E-state index < -0.39 is 6.10 Å². The molecule has 0 fully saturated rings. The number of nitrogens with zero attached hydrogens (tertiary/aromatic N) is 2. The number of hydrogen-bond acceptors (Lipinski definition) is 4. The highest BCUT2D eigenvalue weighted by atomic mass is 16.3. The largest absolute Gasteiger partial charge is 0.398 e. The standard InChI is InChI=1S/C15H21N3O2/c1-17-6-5-11(8-17)14-7-12(3-4-15(14)16)18(2)9-13(20)10-19/h3-8,13,19-20H,9-10,16H2,1-2H3. The molecule has 0 saturated carbocycles. The molecule has 5 nitrogen and oxygen atoms in total. The molecule has 1 aromatic carbocycles. The van der Waals surface area contributed by atoms with Crippen LogP contribution >= 0.6 is 0 Å². The second-order valence-corrected chi connectivity index (χ2v) is 5.05. The van der Waals surface area contributed by atoms with E-state index in [1.807, 2.05) is 60.2 Å². The molecule has 1 unspecified atom stereocenters. The Kier molecular flexibility index (Phi) is 4.32. The molecule has 0 spiro atoms. The summed E-state index contributed by atoms with van der Waals surface area (Å²) in [6, 6.07) is 7.78. The first-order valence-electron chi connectivity index (χ1n) is 6.53.